The average molecular weight is 375 g/mol. The van der Waals surface area contributed by atoms with Gasteiger partial charge in [-0.05, 0) is 49.6 Å². The first-order valence-corrected chi connectivity index (χ1v) is 9.58. The van der Waals surface area contributed by atoms with E-state index in [0.717, 1.165) is 36.2 Å². The molecule has 0 saturated carbocycles. The summed E-state index contributed by atoms with van der Waals surface area (Å²) in [5.41, 5.74) is 2.28. The summed E-state index contributed by atoms with van der Waals surface area (Å²) >= 11 is 0. The number of hydrogen-bond acceptors (Lipinski definition) is 3. The molecular weight excluding hydrogens is 360 g/mol. The normalized spacial score (nSPS) is 13.6. The average Bonchev–Trinajstić information content (AvgIpc) is 3.20. The summed E-state index contributed by atoms with van der Waals surface area (Å²) in [5.74, 6) is -1.57. The number of nitrogens with zero attached hydrogens (tertiary/aromatic N) is 2. The Morgan fingerprint density at radius 2 is 1.81 bits per heavy atom. The fourth-order valence-corrected chi connectivity index (χ4v) is 4.28. The maximum absolute atomic E-state index is 14.0. The minimum Gasteiger partial charge on any atom is -0.263 e. The van der Waals surface area contributed by atoms with Crippen LogP contribution in [0.3, 0.4) is 0 Å². The zero-order valence-corrected chi connectivity index (χ0v) is 14.4. The van der Waals surface area contributed by atoms with E-state index in [1.54, 1.807) is 12.1 Å². The number of aryl methyl sites for hydroxylation is 1. The van der Waals surface area contributed by atoms with Crippen molar-refractivity contribution in [3.63, 3.8) is 0 Å². The Hall–Kier alpha value is -2.74. The van der Waals surface area contributed by atoms with Crippen LogP contribution in [0.4, 0.5) is 14.6 Å². The summed E-state index contributed by atoms with van der Waals surface area (Å²) in [7, 11) is -4.31. The van der Waals surface area contributed by atoms with Gasteiger partial charge in [0.2, 0.25) is 0 Å². The van der Waals surface area contributed by atoms with Gasteiger partial charge >= 0.3 is 0 Å². The van der Waals surface area contributed by atoms with Gasteiger partial charge in [-0.15, -0.1) is 0 Å². The van der Waals surface area contributed by atoms with E-state index in [9.17, 15) is 17.2 Å². The lowest BCUT2D eigenvalue weighted by molar-refractivity contribution is 0.555. The first-order chi connectivity index (χ1) is 12.5. The van der Waals surface area contributed by atoms with Crippen LogP contribution in [0.15, 0.2) is 53.4 Å². The predicted molar refractivity (Wildman–Crippen MR) is 92.8 cm³/mol. The van der Waals surface area contributed by atoms with Crippen LogP contribution < -0.4 is 4.72 Å². The highest BCUT2D eigenvalue weighted by molar-refractivity contribution is 7.92. The van der Waals surface area contributed by atoms with E-state index in [1.165, 1.54) is 4.68 Å². The van der Waals surface area contributed by atoms with E-state index in [4.69, 9.17) is 0 Å². The van der Waals surface area contributed by atoms with Crippen LogP contribution in [0.1, 0.15) is 17.7 Å². The summed E-state index contributed by atoms with van der Waals surface area (Å²) in [6, 6.07) is 11.4. The van der Waals surface area contributed by atoms with E-state index < -0.39 is 26.6 Å². The third-order valence-electron chi connectivity index (χ3n) is 4.32. The molecular formula is C18H15F2N3O2S. The molecule has 0 radical (unpaired) electrons. The second-order valence-electron chi connectivity index (χ2n) is 6.06. The van der Waals surface area contributed by atoms with Crippen LogP contribution in [0.25, 0.3) is 5.69 Å². The molecule has 0 aliphatic heterocycles. The van der Waals surface area contributed by atoms with Crippen LogP contribution in [-0.2, 0) is 22.9 Å². The minimum atomic E-state index is -4.31. The molecule has 1 N–H and O–H groups in total. The molecule has 0 amide bonds. The van der Waals surface area contributed by atoms with E-state index in [1.807, 2.05) is 18.2 Å². The minimum absolute atomic E-state index is 0.271. The van der Waals surface area contributed by atoms with Crippen molar-refractivity contribution in [1.29, 1.82) is 0 Å². The van der Waals surface area contributed by atoms with Crippen LogP contribution in [0.2, 0.25) is 0 Å². The number of rotatable bonds is 4. The summed E-state index contributed by atoms with van der Waals surface area (Å²) in [6.07, 6.45) is 2.29. The van der Waals surface area contributed by atoms with Crippen LogP contribution >= 0.6 is 0 Å². The molecule has 0 spiro atoms. The Balaban J connectivity index is 1.82. The zero-order chi connectivity index (χ0) is 18.3. The molecule has 2 aromatic carbocycles. The van der Waals surface area contributed by atoms with Gasteiger partial charge in [0.25, 0.3) is 10.0 Å². The topological polar surface area (TPSA) is 64.0 Å². The molecule has 1 heterocycles. The van der Waals surface area contributed by atoms with E-state index in [2.05, 4.69) is 9.82 Å². The Morgan fingerprint density at radius 1 is 1.04 bits per heavy atom. The summed E-state index contributed by atoms with van der Waals surface area (Å²) in [4.78, 5) is -0.731. The van der Waals surface area contributed by atoms with Crippen molar-refractivity contribution in [3.05, 3.63) is 71.4 Å². The van der Waals surface area contributed by atoms with Gasteiger partial charge in [0.05, 0.1) is 11.4 Å². The SMILES string of the molecule is O=S(=O)(Nc1c2c(nn1-c1ccccc1)CCC2)c1cc(F)ccc1F. The first-order valence-electron chi connectivity index (χ1n) is 8.10. The highest BCUT2D eigenvalue weighted by Gasteiger charge is 2.28. The van der Waals surface area contributed by atoms with Crippen molar-refractivity contribution < 1.29 is 17.2 Å². The second kappa shape index (κ2) is 6.21. The summed E-state index contributed by atoms with van der Waals surface area (Å²) in [6.45, 7) is 0. The molecule has 0 saturated heterocycles. The lowest BCUT2D eigenvalue weighted by atomic mass is 10.2. The summed E-state index contributed by atoms with van der Waals surface area (Å²) in [5, 5.41) is 4.50. The maximum Gasteiger partial charge on any atom is 0.266 e. The van der Waals surface area contributed by atoms with Crippen molar-refractivity contribution in [2.75, 3.05) is 4.72 Å². The molecule has 134 valence electrons. The van der Waals surface area contributed by atoms with Gasteiger partial charge in [0, 0.05) is 5.56 Å². The number of sulfonamides is 1. The quantitative estimate of drug-likeness (QED) is 0.760. The number of hydrogen-bond donors (Lipinski definition) is 1. The van der Waals surface area contributed by atoms with Crippen molar-refractivity contribution >= 4 is 15.8 Å². The van der Waals surface area contributed by atoms with Gasteiger partial charge < -0.3 is 0 Å². The van der Waals surface area contributed by atoms with Gasteiger partial charge in [-0.3, -0.25) is 4.72 Å². The number of para-hydroxylation sites is 1. The van der Waals surface area contributed by atoms with Gasteiger partial charge in [0.15, 0.2) is 0 Å². The second-order valence-corrected chi connectivity index (χ2v) is 7.71. The molecule has 1 aromatic heterocycles. The molecule has 0 atom stereocenters. The molecule has 5 nitrogen and oxygen atoms in total. The van der Waals surface area contributed by atoms with Crippen molar-refractivity contribution in [2.45, 2.75) is 24.2 Å². The molecule has 1 aliphatic carbocycles. The monoisotopic (exact) mass is 375 g/mol. The maximum atomic E-state index is 14.0. The number of halogens is 2. The van der Waals surface area contributed by atoms with Gasteiger partial charge in [-0.25, -0.2) is 21.9 Å². The predicted octanol–water partition coefficient (Wildman–Crippen LogP) is 3.44. The largest absolute Gasteiger partial charge is 0.266 e. The van der Waals surface area contributed by atoms with Crippen molar-refractivity contribution in [3.8, 4) is 5.69 Å². The molecule has 1 aliphatic rings. The number of fused-ring (bicyclic) bond motifs is 1. The number of aromatic nitrogens is 2. The van der Waals surface area contributed by atoms with Crippen molar-refractivity contribution in [2.24, 2.45) is 0 Å². The molecule has 8 heteroatoms. The third kappa shape index (κ3) is 2.86. The summed E-state index contributed by atoms with van der Waals surface area (Å²) < 4.78 is 56.7. The first kappa shape index (κ1) is 16.7. The standard InChI is InChI=1S/C18H15F2N3O2S/c19-12-9-10-15(20)17(11-12)26(24,25)22-18-14-7-4-8-16(14)21-23(18)13-5-2-1-3-6-13/h1-3,5-6,9-11,22H,4,7-8H2. The zero-order valence-electron chi connectivity index (χ0n) is 13.6. The molecule has 3 aromatic rings. The Kier molecular flexibility index (Phi) is 3.99. The van der Waals surface area contributed by atoms with E-state index in [0.29, 0.717) is 18.2 Å². The molecule has 0 fully saturated rings. The fourth-order valence-electron chi connectivity index (χ4n) is 3.12. The number of benzene rings is 2. The Morgan fingerprint density at radius 3 is 2.58 bits per heavy atom. The fraction of sp³-hybridized carbons (Fsp3) is 0.167. The Labute approximate surface area is 149 Å². The van der Waals surface area contributed by atoms with Crippen LogP contribution in [0.5, 0.6) is 0 Å². The van der Waals surface area contributed by atoms with Crippen LogP contribution in [0, 0.1) is 11.6 Å². The molecule has 0 unspecified atom stereocenters. The molecule has 0 bridgehead atoms. The third-order valence-corrected chi connectivity index (χ3v) is 5.68. The highest BCUT2D eigenvalue weighted by Crippen LogP contribution is 2.32. The highest BCUT2D eigenvalue weighted by atomic mass is 32.2. The van der Waals surface area contributed by atoms with Gasteiger partial charge in [-0.2, -0.15) is 5.10 Å². The van der Waals surface area contributed by atoms with E-state index in [-0.39, 0.29) is 5.82 Å². The Bertz CT molecular complexity index is 1080. The van der Waals surface area contributed by atoms with E-state index >= 15 is 0 Å². The smallest absolute Gasteiger partial charge is 0.263 e. The number of nitrogens with one attached hydrogen (secondary N) is 1. The molecule has 4 rings (SSSR count). The lowest BCUT2D eigenvalue weighted by Crippen LogP contribution is -2.18. The molecule has 26 heavy (non-hydrogen) atoms. The number of anilines is 1. The van der Waals surface area contributed by atoms with Gasteiger partial charge in [-0.1, -0.05) is 18.2 Å². The van der Waals surface area contributed by atoms with Crippen LogP contribution in [-0.4, -0.2) is 18.2 Å². The van der Waals surface area contributed by atoms with Crippen molar-refractivity contribution in [1.82, 2.24) is 9.78 Å². The lowest BCUT2D eigenvalue weighted by Gasteiger charge is -2.13. The van der Waals surface area contributed by atoms with Gasteiger partial charge in [0.1, 0.15) is 22.3 Å².